The molecule has 0 fully saturated rings. The summed E-state index contributed by atoms with van der Waals surface area (Å²) in [4.78, 5) is 11.6. The molecular weight excluding hydrogens is 314 g/mol. The Bertz CT molecular complexity index is 736. The highest BCUT2D eigenvalue weighted by atomic mass is 32.2. The Kier molecular flexibility index (Phi) is 4.40. The molecule has 0 saturated heterocycles. The Morgan fingerprint density at radius 2 is 2.19 bits per heavy atom. The average Bonchev–Trinajstić information content (AvgIpc) is 3.06. The number of sulfonamides is 1. The van der Waals surface area contributed by atoms with E-state index >= 15 is 0 Å². The van der Waals surface area contributed by atoms with Gasteiger partial charge in [0, 0.05) is 25.7 Å². The van der Waals surface area contributed by atoms with Gasteiger partial charge in [0.2, 0.25) is 10.0 Å². The zero-order valence-corrected chi connectivity index (χ0v) is 13.3. The van der Waals surface area contributed by atoms with Gasteiger partial charge >= 0.3 is 0 Å². The summed E-state index contributed by atoms with van der Waals surface area (Å²) in [6, 6.07) is 0.824. The molecule has 10 heteroatoms. The van der Waals surface area contributed by atoms with E-state index in [0.29, 0.717) is 5.69 Å². The Balaban J connectivity index is 2.26. The predicted octanol–water partition coefficient (Wildman–Crippen LogP) is 0.276. The van der Waals surface area contributed by atoms with Crippen molar-refractivity contribution in [3.05, 3.63) is 29.0 Å². The van der Waals surface area contributed by atoms with Crippen LogP contribution in [0, 0.1) is 0 Å². The second-order valence-electron chi connectivity index (χ2n) is 4.42. The maximum Gasteiger partial charge on any atom is 0.267 e. The molecule has 0 bridgehead atoms. The van der Waals surface area contributed by atoms with Gasteiger partial charge in [0.1, 0.15) is 10.6 Å². The van der Waals surface area contributed by atoms with Crippen LogP contribution in [-0.4, -0.2) is 35.5 Å². The number of amides is 1. The fraction of sp³-hybridized carbons (Fsp3) is 0.364. The molecule has 0 aliphatic carbocycles. The molecule has 2 aromatic heterocycles. The highest BCUT2D eigenvalue weighted by molar-refractivity contribution is 7.89. The smallest absolute Gasteiger partial charge is 0.267 e. The first-order chi connectivity index (χ1) is 9.85. The fourth-order valence-corrected chi connectivity index (χ4v) is 3.59. The number of hydrogen-bond donors (Lipinski definition) is 2. The highest BCUT2D eigenvalue weighted by Crippen LogP contribution is 2.18. The van der Waals surface area contributed by atoms with Crippen LogP contribution >= 0.6 is 11.5 Å². The minimum atomic E-state index is -3.74. The van der Waals surface area contributed by atoms with E-state index in [1.54, 1.807) is 19.4 Å². The van der Waals surface area contributed by atoms with Crippen molar-refractivity contribution in [3.63, 3.8) is 0 Å². The molecule has 2 rings (SSSR count). The van der Waals surface area contributed by atoms with E-state index in [4.69, 9.17) is 0 Å². The van der Waals surface area contributed by atoms with E-state index in [-0.39, 0.29) is 16.5 Å². The Morgan fingerprint density at radius 1 is 1.48 bits per heavy atom. The van der Waals surface area contributed by atoms with Crippen LogP contribution in [0.25, 0.3) is 0 Å². The van der Waals surface area contributed by atoms with Gasteiger partial charge in [-0.1, -0.05) is 4.49 Å². The monoisotopic (exact) mass is 329 g/mol. The number of carbonyl (C=O) groups is 1. The summed E-state index contributed by atoms with van der Waals surface area (Å²) in [6.45, 7) is 1.68. The lowest BCUT2D eigenvalue weighted by atomic mass is 10.3. The van der Waals surface area contributed by atoms with Gasteiger partial charge in [-0.15, -0.1) is 5.10 Å². The van der Waals surface area contributed by atoms with Crippen LogP contribution < -0.4 is 10.0 Å². The average molecular weight is 329 g/mol. The maximum absolute atomic E-state index is 12.3. The molecule has 0 aliphatic heterocycles. The van der Waals surface area contributed by atoms with E-state index in [2.05, 4.69) is 19.6 Å². The first kappa shape index (κ1) is 15.6. The van der Waals surface area contributed by atoms with Gasteiger partial charge in [-0.05, 0) is 24.5 Å². The molecule has 0 aliphatic rings. The summed E-state index contributed by atoms with van der Waals surface area (Å²) in [6.07, 6.45) is 1.39. The second-order valence-corrected chi connectivity index (χ2v) is 6.75. The van der Waals surface area contributed by atoms with Crippen molar-refractivity contribution in [1.82, 2.24) is 24.2 Å². The number of rotatable bonds is 5. The van der Waals surface area contributed by atoms with Crippen molar-refractivity contribution in [2.24, 2.45) is 7.05 Å². The lowest BCUT2D eigenvalue weighted by molar-refractivity contribution is 0.0955. The number of nitrogens with zero attached hydrogens (tertiary/aromatic N) is 3. The molecular formula is C11H15N5O3S2. The van der Waals surface area contributed by atoms with Crippen molar-refractivity contribution in [1.29, 1.82) is 0 Å². The Hall–Kier alpha value is -1.78. The molecule has 1 amide bonds. The van der Waals surface area contributed by atoms with Crippen LogP contribution in [0.2, 0.25) is 0 Å². The quantitative estimate of drug-likeness (QED) is 0.819. The van der Waals surface area contributed by atoms with Crippen LogP contribution in [0.3, 0.4) is 0 Å². The van der Waals surface area contributed by atoms with Crippen molar-refractivity contribution in [2.75, 3.05) is 7.05 Å². The number of nitrogens with one attached hydrogen (secondary N) is 2. The van der Waals surface area contributed by atoms with E-state index in [9.17, 15) is 13.2 Å². The SMILES string of the molecule is CNC(=O)c1cc(S(=O)(=O)NC(C)c2csnn2)cn1C. The molecule has 8 nitrogen and oxygen atoms in total. The van der Waals surface area contributed by atoms with Gasteiger partial charge in [0.05, 0.1) is 11.7 Å². The Labute approximate surface area is 126 Å². The molecule has 114 valence electrons. The molecule has 0 spiro atoms. The van der Waals surface area contributed by atoms with Gasteiger partial charge in [0.25, 0.3) is 5.91 Å². The van der Waals surface area contributed by atoms with Crippen LogP contribution in [0.4, 0.5) is 0 Å². The molecule has 1 atom stereocenters. The molecule has 0 radical (unpaired) electrons. The van der Waals surface area contributed by atoms with Gasteiger partial charge in [-0.2, -0.15) is 0 Å². The number of hydrogen-bond acceptors (Lipinski definition) is 6. The molecule has 21 heavy (non-hydrogen) atoms. The topological polar surface area (TPSA) is 106 Å². The van der Waals surface area contributed by atoms with Crippen LogP contribution in [0.5, 0.6) is 0 Å². The van der Waals surface area contributed by atoms with Gasteiger partial charge in [-0.25, -0.2) is 13.1 Å². The fourth-order valence-electron chi connectivity index (χ4n) is 1.76. The van der Waals surface area contributed by atoms with E-state index in [1.807, 2.05) is 0 Å². The van der Waals surface area contributed by atoms with Crippen molar-refractivity contribution < 1.29 is 13.2 Å². The van der Waals surface area contributed by atoms with Crippen LogP contribution in [-0.2, 0) is 17.1 Å². The summed E-state index contributed by atoms with van der Waals surface area (Å²) in [7, 11) is -0.649. The molecule has 1 unspecified atom stereocenters. The zero-order chi connectivity index (χ0) is 15.6. The van der Waals surface area contributed by atoms with Crippen molar-refractivity contribution in [2.45, 2.75) is 17.9 Å². The van der Waals surface area contributed by atoms with Gasteiger partial charge in [-0.3, -0.25) is 4.79 Å². The van der Waals surface area contributed by atoms with Crippen molar-refractivity contribution in [3.8, 4) is 0 Å². The van der Waals surface area contributed by atoms with E-state index in [0.717, 1.165) is 11.5 Å². The summed E-state index contributed by atoms with van der Waals surface area (Å²) < 4.78 is 32.3. The predicted molar refractivity (Wildman–Crippen MR) is 77.4 cm³/mol. The summed E-state index contributed by atoms with van der Waals surface area (Å²) in [5, 5.41) is 7.96. The van der Waals surface area contributed by atoms with Gasteiger partial charge < -0.3 is 9.88 Å². The van der Waals surface area contributed by atoms with Crippen LogP contribution in [0.15, 0.2) is 22.5 Å². The summed E-state index contributed by atoms with van der Waals surface area (Å²) in [5.41, 5.74) is 0.812. The molecule has 2 heterocycles. The molecule has 0 saturated carbocycles. The number of aromatic nitrogens is 3. The van der Waals surface area contributed by atoms with E-state index in [1.165, 1.54) is 23.9 Å². The Morgan fingerprint density at radius 3 is 2.76 bits per heavy atom. The summed E-state index contributed by atoms with van der Waals surface area (Å²) >= 11 is 1.15. The van der Waals surface area contributed by atoms with Crippen LogP contribution in [0.1, 0.15) is 29.1 Å². The first-order valence-electron chi connectivity index (χ1n) is 6.03. The van der Waals surface area contributed by atoms with E-state index < -0.39 is 16.1 Å². The first-order valence-corrected chi connectivity index (χ1v) is 8.35. The van der Waals surface area contributed by atoms with Crippen molar-refractivity contribution >= 4 is 27.5 Å². The number of aryl methyl sites for hydroxylation is 1. The molecule has 2 aromatic rings. The lowest BCUT2D eigenvalue weighted by Crippen LogP contribution is -2.27. The number of carbonyl (C=O) groups excluding carboxylic acids is 1. The minimum absolute atomic E-state index is 0.0265. The normalized spacial score (nSPS) is 13.1. The largest absolute Gasteiger partial charge is 0.354 e. The lowest BCUT2D eigenvalue weighted by Gasteiger charge is -2.10. The molecule has 2 N–H and O–H groups in total. The summed E-state index contributed by atoms with van der Waals surface area (Å²) in [5.74, 6) is -0.351. The maximum atomic E-state index is 12.3. The standard InChI is InChI=1S/C11H15N5O3S2/c1-7(9-6-20-15-13-9)14-21(18,19)8-4-10(11(17)12-2)16(3)5-8/h4-7,14H,1-3H3,(H,12,17). The second kappa shape index (κ2) is 5.92. The highest BCUT2D eigenvalue weighted by Gasteiger charge is 2.23. The third-order valence-corrected chi connectivity index (χ3v) is 4.93. The van der Waals surface area contributed by atoms with Gasteiger partial charge in [0.15, 0.2) is 0 Å². The third kappa shape index (κ3) is 3.28. The minimum Gasteiger partial charge on any atom is -0.354 e. The zero-order valence-electron chi connectivity index (χ0n) is 11.7. The third-order valence-electron chi connectivity index (χ3n) is 2.90. The molecule has 0 aromatic carbocycles.